The Morgan fingerprint density at radius 2 is 2.07 bits per heavy atom. The molecule has 2 nitrogen and oxygen atoms in total. The molecule has 0 bridgehead atoms. The molecule has 0 aliphatic heterocycles. The van der Waals surface area contributed by atoms with Gasteiger partial charge in [0, 0.05) is 5.56 Å². The Hall–Kier alpha value is -1.42. The second kappa shape index (κ2) is 4.72. The molecular weight excluding hydrogens is 190 g/mol. The standard InChI is InChI=1S/C10H10F2O2/c1-14-8-5-4-7(3-2-6-13)9(11)10(8)12/h2-5,13H,6H2,1H3. The van der Waals surface area contributed by atoms with E-state index >= 15 is 0 Å². The fraction of sp³-hybridized carbons (Fsp3) is 0.200. The van der Waals surface area contributed by atoms with Gasteiger partial charge in [-0.05, 0) is 12.1 Å². The van der Waals surface area contributed by atoms with E-state index in [4.69, 9.17) is 5.11 Å². The third-order valence-electron chi connectivity index (χ3n) is 1.70. The van der Waals surface area contributed by atoms with E-state index in [0.29, 0.717) is 0 Å². The van der Waals surface area contributed by atoms with Crippen molar-refractivity contribution in [3.05, 3.63) is 35.4 Å². The van der Waals surface area contributed by atoms with Gasteiger partial charge >= 0.3 is 0 Å². The van der Waals surface area contributed by atoms with E-state index in [1.165, 1.54) is 31.4 Å². The molecule has 1 aromatic carbocycles. The maximum atomic E-state index is 13.2. The number of ether oxygens (including phenoxy) is 1. The Bertz CT molecular complexity index is 348. The average Bonchev–Trinajstić information content (AvgIpc) is 2.20. The fourth-order valence-electron chi connectivity index (χ4n) is 1.01. The molecule has 0 unspecified atom stereocenters. The van der Waals surface area contributed by atoms with Gasteiger partial charge in [-0.2, -0.15) is 4.39 Å². The molecule has 0 fully saturated rings. The summed E-state index contributed by atoms with van der Waals surface area (Å²) in [7, 11) is 1.26. The number of rotatable bonds is 3. The smallest absolute Gasteiger partial charge is 0.201 e. The van der Waals surface area contributed by atoms with E-state index in [1.54, 1.807) is 0 Å². The van der Waals surface area contributed by atoms with Crippen LogP contribution in [0.4, 0.5) is 8.78 Å². The van der Waals surface area contributed by atoms with Crippen LogP contribution in [0.25, 0.3) is 6.08 Å². The largest absolute Gasteiger partial charge is 0.494 e. The van der Waals surface area contributed by atoms with E-state index < -0.39 is 11.6 Å². The van der Waals surface area contributed by atoms with Crippen LogP contribution in [0.1, 0.15) is 5.56 Å². The summed E-state index contributed by atoms with van der Waals surface area (Å²) in [5.74, 6) is -2.13. The van der Waals surface area contributed by atoms with Gasteiger partial charge in [-0.15, -0.1) is 0 Å². The van der Waals surface area contributed by atoms with Crippen molar-refractivity contribution in [2.75, 3.05) is 13.7 Å². The lowest BCUT2D eigenvalue weighted by Gasteiger charge is -2.04. The molecule has 0 amide bonds. The van der Waals surface area contributed by atoms with Crippen molar-refractivity contribution in [2.45, 2.75) is 0 Å². The molecule has 0 saturated heterocycles. The predicted molar refractivity (Wildman–Crippen MR) is 49.0 cm³/mol. The van der Waals surface area contributed by atoms with Gasteiger partial charge in [0.15, 0.2) is 11.6 Å². The van der Waals surface area contributed by atoms with Crippen molar-refractivity contribution in [1.29, 1.82) is 0 Å². The van der Waals surface area contributed by atoms with Gasteiger partial charge in [-0.3, -0.25) is 0 Å². The van der Waals surface area contributed by atoms with Gasteiger partial charge in [0.05, 0.1) is 13.7 Å². The highest BCUT2D eigenvalue weighted by molar-refractivity contribution is 5.52. The van der Waals surface area contributed by atoms with Gasteiger partial charge in [0.1, 0.15) is 0 Å². The zero-order chi connectivity index (χ0) is 10.6. The van der Waals surface area contributed by atoms with Crippen LogP contribution in [0.3, 0.4) is 0 Å². The second-order valence-corrected chi connectivity index (χ2v) is 2.57. The highest BCUT2D eigenvalue weighted by Gasteiger charge is 2.11. The Morgan fingerprint density at radius 3 is 2.64 bits per heavy atom. The minimum atomic E-state index is -1.02. The Kier molecular flexibility index (Phi) is 3.59. The molecule has 0 radical (unpaired) electrons. The highest BCUT2D eigenvalue weighted by atomic mass is 19.2. The monoisotopic (exact) mass is 200 g/mol. The Balaban J connectivity index is 3.10. The van der Waals surface area contributed by atoms with Crippen LogP contribution in [0.5, 0.6) is 5.75 Å². The van der Waals surface area contributed by atoms with Crippen molar-refractivity contribution < 1.29 is 18.6 Å². The van der Waals surface area contributed by atoms with Gasteiger partial charge < -0.3 is 9.84 Å². The van der Waals surface area contributed by atoms with Crippen LogP contribution in [0.15, 0.2) is 18.2 Å². The minimum absolute atomic E-state index is 0.0809. The van der Waals surface area contributed by atoms with Crippen LogP contribution < -0.4 is 4.74 Å². The molecule has 76 valence electrons. The molecule has 0 saturated carbocycles. The molecule has 0 atom stereocenters. The van der Waals surface area contributed by atoms with Crippen LogP contribution in [-0.2, 0) is 0 Å². The summed E-state index contributed by atoms with van der Waals surface area (Å²) < 4.78 is 30.9. The molecule has 4 heteroatoms. The maximum absolute atomic E-state index is 13.2. The quantitative estimate of drug-likeness (QED) is 0.808. The molecule has 1 N–H and O–H groups in total. The van der Waals surface area contributed by atoms with Crippen molar-refractivity contribution in [2.24, 2.45) is 0 Å². The number of halogens is 2. The van der Waals surface area contributed by atoms with Crippen LogP contribution in [0.2, 0.25) is 0 Å². The lowest BCUT2D eigenvalue weighted by Crippen LogP contribution is -1.94. The Labute approximate surface area is 80.4 Å². The molecule has 14 heavy (non-hydrogen) atoms. The van der Waals surface area contributed by atoms with Crippen molar-refractivity contribution in [3.63, 3.8) is 0 Å². The Morgan fingerprint density at radius 1 is 1.36 bits per heavy atom. The molecule has 1 rings (SSSR count). The number of methoxy groups -OCH3 is 1. The molecule has 0 heterocycles. The summed E-state index contributed by atoms with van der Waals surface area (Å²) in [6.45, 7) is -0.215. The molecular formula is C10H10F2O2. The van der Waals surface area contributed by atoms with Gasteiger partial charge in [-0.25, -0.2) is 4.39 Å². The first kappa shape index (κ1) is 10.7. The van der Waals surface area contributed by atoms with Crippen LogP contribution in [-0.4, -0.2) is 18.8 Å². The van der Waals surface area contributed by atoms with Crippen molar-refractivity contribution in [1.82, 2.24) is 0 Å². The molecule has 0 aromatic heterocycles. The number of hydrogen-bond acceptors (Lipinski definition) is 2. The first-order valence-corrected chi connectivity index (χ1v) is 4.00. The zero-order valence-electron chi connectivity index (χ0n) is 7.63. The van der Waals surface area contributed by atoms with Crippen LogP contribution >= 0.6 is 0 Å². The van der Waals surface area contributed by atoms with Crippen LogP contribution in [0, 0.1) is 11.6 Å². The van der Waals surface area contributed by atoms with Gasteiger partial charge in [0.2, 0.25) is 5.82 Å². The lowest BCUT2D eigenvalue weighted by atomic mass is 10.2. The normalized spacial score (nSPS) is 10.9. The van der Waals surface area contributed by atoms with E-state index in [0.717, 1.165) is 0 Å². The van der Waals surface area contributed by atoms with Crippen molar-refractivity contribution >= 4 is 6.08 Å². The second-order valence-electron chi connectivity index (χ2n) is 2.57. The maximum Gasteiger partial charge on any atom is 0.201 e. The third-order valence-corrected chi connectivity index (χ3v) is 1.70. The first-order chi connectivity index (χ1) is 6.70. The number of aliphatic hydroxyl groups is 1. The van der Waals surface area contributed by atoms with E-state index in [9.17, 15) is 8.78 Å². The summed E-state index contributed by atoms with van der Waals surface area (Å²) in [5.41, 5.74) is 0.0809. The summed E-state index contributed by atoms with van der Waals surface area (Å²) in [5, 5.41) is 8.46. The summed E-state index contributed by atoms with van der Waals surface area (Å²) in [6.07, 6.45) is 2.63. The number of hydrogen-bond donors (Lipinski definition) is 1. The summed E-state index contributed by atoms with van der Waals surface area (Å²) >= 11 is 0. The number of benzene rings is 1. The first-order valence-electron chi connectivity index (χ1n) is 4.00. The van der Waals surface area contributed by atoms with E-state index in [1.807, 2.05) is 0 Å². The van der Waals surface area contributed by atoms with E-state index in [-0.39, 0.29) is 17.9 Å². The van der Waals surface area contributed by atoms with Gasteiger partial charge in [-0.1, -0.05) is 12.2 Å². The molecule has 0 aliphatic rings. The van der Waals surface area contributed by atoms with Crippen molar-refractivity contribution in [3.8, 4) is 5.75 Å². The van der Waals surface area contributed by atoms with E-state index in [2.05, 4.69) is 4.74 Å². The molecule has 1 aromatic rings. The molecule has 0 aliphatic carbocycles. The topological polar surface area (TPSA) is 29.5 Å². The fourth-order valence-corrected chi connectivity index (χ4v) is 1.01. The molecule has 0 spiro atoms. The third kappa shape index (κ3) is 2.09. The summed E-state index contributed by atoms with van der Waals surface area (Å²) in [6, 6.07) is 2.71. The average molecular weight is 200 g/mol. The lowest BCUT2D eigenvalue weighted by molar-refractivity contribution is 0.343. The minimum Gasteiger partial charge on any atom is -0.494 e. The SMILES string of the molecule is COc1ccc(C=CCO)c(F)c1F. The predicted octanol–water partition coefficient (Wildman–Crippen LogP) is 1.98. The number of aliphatic hydroxyl groups excluding tert-OH is 1. The zero-order valence-corrected chi connectivity index (χ0v) is 7.63. The van der Waals surface area contributed by atoms with Gasteiger partial charge in [0.25, 0.3) is 0 Å². The summed E-state index contributed by atoms with van der Waals surface area (Å²) in [4.78, 5) is 0. The highest BCUT2D eigenvalue weighted by Crippen LogP contribution is 2.22.